The first-order valence-electron chi connectivity index (χ1n) is 17.5. The van der Waals surface area contributed by atoms with Crippen LogP contribution < -0.4 is 0 Å². The number of benzene rings is 9. The lowest BCUT2D eigenvalue weighted by Gasteiger charge is -2.24. The maximum Gasteiger partial charge on any atom is 0.136 e. The summed E-state index contributed by atoms with van der Waals surface area (Å²) in [6, 6.07) is 58.2. The number of hydrogen-bond acceptors (Lipinski definition) is 1. The predicted molar refractivity (Wildman–Crippen MR) is 212 cm³/mol. The Bertz CT molecular complexity index is 3060. The predicted octanol–water partition coefficient (Wildman–Crippen LogP) is 13.8. The largest absolute Gasteiger partial charge is 0.456 e. The third-order valence-electron chi connectivity index (χ3n) is 11.4. The summed E-state index contributed by atoms with van der Waals surface area (Å²) in [5.41, 5.74) is 12.1. The second-order valence-corrected chi connectivity index (χ2v) is 14.4. The molecular weight excluding hydrogens is 605 g/mol. The highest BCUT2D eigenvalue weighted by Gasteiger charge is 2.37. The third kappa shape index (κ3) is 3.72. The molecule has 1 heteroatoms. The van der Waals surface area contributed by atoms with Crippen molar-refractivity contribution in [3.63, 3.8) is 0 Å². The quantitative estimate of drug-likeness (QED) is 0.136. The van der Waals surface area contributed by atoms with E-state index in [4.69, 9.17) is 4.42 Å². The van der Waals surface area contributed by atoms with Crippen molar-refractivity contribution >= 4 is 65.0 Å². The minimum Gasteiger partial charge on any atom is -0.456 e. The molecule has 0 N–H and O–H groups in total. The minimum absolute atomic E-state index is 0.186. The lowest BCUT2D eigenvalue weighted by atomic mass is 9.78. The van der Waals surface area contributed by atoms with Gasteiger partial charge in [0.2, 0.25) is 0 Å². The summed E-state index contributed by atoms with van der Waals surface area (Å²) in [7, 11) is 0. The zero-order valence-electron chi connectivity index (χ0n) is 27.9. The van der Waals surface area contributed by atoms with E-state index in [1.54, 1.807) is 0 Å². The summed E-state index contributed by atoms with van der Waals surface area (Å²) in [4.78, 5) is 0. The van der Waals surface area contributed by atoms with Crippen molar-refractivity contribution in [2.24, 2.45) is 0 Å². The first-order chi connectivity index (χ1) is 24.5. The molecule has 0 saturated heterocycles. The van der Waals surface area contributed by atoms with Crippen LogP contribution in [0.25, 0.3) is 98.4 Å². The fourth-order valence-corrected chi connectivity index (χ4v) is 9.12. The molecule has 0 spiro atoms. The lowest BCUT2D eigenvalue weighted by molar-refractivity contribution is 0.666. The molecule has 9 aromatic carbocycles. The Labute approximate surface area is 290 Å². The summed E-state index contributed by atoms with van der Waals surface area (Å²) in [5, 5.41) is 12.6. The van der Waals surface area contributed by atoms with E-state index in [2.05, 4.69) is 159 Å². The van der Waals surface area contributed by atoms with E-state index in [0.717, 1.165) is 21.9 Å². The van der Waals surface area contributed by atoms with Gasteiger partial charge in [-0.3, -0.25) is 0 Å². The topological polar surface area (TPSA) is 13.1 Å². The number of fused-ring (bicyclic) bond motifs is 12. The summed E-state index contributed by atoms with van der Waals surface area (Å²) >= 11 is 0. The van der Waals surface area contributed by atoms with Gasteiger partial charge in [-0.1, -0.05) is 141 Å². The molecule has 0 saturated carbocycles. The van der Waals surface area contributed by atoms with Crippen molar-refractivity contribution in [1.29, 1.82) is 0 Å². The van der Waals surface area contributed by atoms with E-state index in [0.29, 0.717) is 0 Å². The smallest absolute Gasteiger partial charge is 0.136 e. The van der Waals surface area contributed by atoms with Crippen molar-refractivity contribution in [3.05, 3.63) is 169 Å². The summed E-state index contributed by atoms with van der Waals surface area (Å²) < 4.78 is 6.30. The van der Waals surface area contributed by atoms with Crippen molar-refractivity contribution in [1.82, 2.24) is 0 Å². The molecule has 234 valence electrons. The number of rotatable bonds is 2. The van der Waals surface area contributed by atoms with Gasteiger partial charge in [-0.2, -0.15) is 0 Å². The van der Waals surface area contributed by atoms with Gasteiger partial charge >= 0.3 is 0 Å². The van der Waals surface area contributed by atoms with Crippen LogP contribution >= 0.6 is 0 Å². The average molecular weight is 637 g/mol. The van der Waals surface area contributed by atoms with Crippen LogP contribution in [0.1, 0.15) is 25.0 Å². The van der Waals surface area contributed by atoms with Crippen LogP contribution in [0.2, 0.25) is 0 Å². The first-order valence-corrected chi connectivity index (χ1v) is 17.5. The molecule has 0 bridgehead atoms. The molecule has 1 aliphatic rings. The Balaban J connectivity index is 1.10. The highest BCUT2D eigenvalue weighted by Crippen LogP contribution is 2.53. The van der Waals surface area contributed by atoms with Crippen LogP contribution in [0.5, 0.6) is 0 Å². The van der Waals surface area contributed by atoms with Gasteiger partial charge in [0.05, 0.1) is 0 Å². The minimum atomic E-state index is -0.186. The van der Waals surface area contributed by atoms with Crippen LogP contribution in [0, 0.1) is 0 Å². The van der Waals surface area contributed by atoms with Gasteiger partial charge < -0.3 is 4.42 Å². The van der Waals surface area contributed by atoms with Crippen molar-refractivity contribution in [3.8, 4) is 33.4 Å². The van der Waals surface area contributed by atoms with Gasteiger partial charge in [0, 0.05) is 16.2 Å². The van der Waals surface area contributed by atoms with Gasteiger partial charge in [0.25, 0.3) is 0 Å². The van der Waals surface area contributed by atoms with E-state index in [-0.39, 0.29) is 5.41 Å². The Kier molecular flexibility index (Phi) is 5.51. The molecular formula is C49H32O. The first kappa shape index (κ1) is 27.7. The maximum atomic E-state index is 6.30. The Morgan fingerprint density at radius 2 is 1.06 bits per heavy atom. The van der Waals surface area contributed by atoms with Gasteiger partial charge in [0.1, 0.15) is 11.2 Å². The number of para-hydroxylation sites is 1. The molecule has 1 aromatic heterocycles. The lowest BCUT2D eigenvalue weighted by Crippen LogP contribution is -2.15. The van der Waals surface area contributed by atoms with Crippen molar-refractivity contribution in [2.45, 2.75) is 19.3 Å². The Morgan fingerprint density at radius 1 is 0.380 bits per heavy atom. The fourth-order valence-electron chi connectivity index (χ4n) is 9.12. The van der Waals surface area contributed by atoms with Crippen LogP contribution in [0.3, 0.4) is 0 Å². The molecule has 11 rings (SSSR count). The molecule has 10 aromatic rings. The van der Waals surface area contributed by atoms with Crippen LogP contribution in [0.15, 0.2) is 162 Å². The van der Waals surface area contributed by atoms with E-state index < -0.39 is 0 Å². The van der Waals surface area contributed by atoms with E-state index >= 15 is 0 Å². The van der Waals surface area contributed by atoms with Crippen LogP contribution in [-0.4, -0.2) is 0 Å². The highest BCUT2D eigenvalue weighted by molar-refractivity contribution is 6.20. The maximum absolute atomic E-state index is 6.30. The summed E-state index contributed by atoms with van der Waals surface area (Å²) in [6.45, 7) is 4.81. The molecule has 1 nitrogen and oxygen atoms in total. The summed E-state index contributed by atoms with van der Waals surface area (Å²) in [5.74, 6) is 0. The third-order valence-corrected chi connectivity index (χ3v) is 11.4. The molecule has 0 fully saturated rings. The second-order valence-electron chi connectivity index (χ2n) is 14.4. The van der Waals surface area contributed by atoms with Crippen molar-refractivity contribution in [2.75, 3.05) is 0 Å². The molecule has 1 heterocycles. The molecule has 0 unspecified atom stereocenters. The molecule has 0 aliphatic heterocycles. The zero-order chi connectivity index (χ0) is 33.1. The molecule has 50 heavy (non-hydrogen) atoms. The van der Waals surface area contributed by atoms with Gasteiger partial charge in [-0.05, 0) is 118 Å². The van der Waals surface area contributed by atoms with E-state index in [9.17, 15) is 0 Å². The van der Waals surface area contributed by atoms with Gasteiger partial charge in [-0.15, -0.1) is 0 Å². The van der Waals surface area contributed by atoms with Gasteiger partial charge in [0.15, 0.2) is 0 Å². The van der Waals surface area contributed by atoms with E-state index in [1.807, 2.05) is 12.1 Å². The zero-order valence-corrected chi connectivity index (χ0v) is 27.9. The number of furan rings is 1. The standard InChI is InChI=1S/C49H32O/c1-49(2)44-27-32(47-35-13-6-4-11-30(35)26-43-33-12-5-3-10-29(33)18-23-40(43)47)20-21-37(44)42-25-24-36-34(15-9-16-41(36)48(42)49)31-19-22-39-38-14-7-8-17-45(38)50-46(39)28-31/h3-28H,1-2H3. The number of hydrogen-bond donors (Lipinski definition) is 0. The summed E-state index contributed by atoms with van der Waals surface area (Å²) in [6.07, 6.45) is 0. The molecule has 0 atom stereocenters. The average Bonchev–Trinajstić information content (AvgIpc) is 3.64. The Morgan fingerprint density at radius 3 is 1.96 bits per heavy atom. The molecule has 1 aliphatic carbocycles. The molecule has 0 amide bonds. The normalized spacial score (nSPS) is 13.6. The van der Waals surface area contributed by atoms with E-state index in [1.165, 1.54) is 87.6 Å². The fraction of sp³-hybridized carbons (Fsp3) is 0.0612. The van der Waals surface area contributed by atoms with Gasteiger partial charge in [-0.25, -0.2) is 0 Å². The van der Waals surface area contributed by atoms with Crippen LogP contribution in [-0.2, 0) is 5.41 Å². The Hall–Kier alpha value is -6.18. The SMILES string of the molecule is CC1(C)c2cc(-c3c4ccccc4cc4c3ccc3ccccc34)ccc2-c2ccc3c(-c4ccc5c(c4)oc4ccccc45)cccc3c21. The monoisotopic (exact) mass is 636 g/mol. The van der Waals surface area contributed by atoms with Crippen molar-refractivity contribution < 1.29 is 4.42 Å². The highest BCUT2D eigenvalue weighted by atomic mass is 16.3. The van der Waals surface area contributed by atoms with Crippen LogP contribution in [0.4, 0.5) is 0 Å². The second kappa shape index (κ2) is 9.94. The molecule has 0 radical (unpaired) electrons.